The molecule has 0 aliphatic heterocycles. The molecule has 0 aliphatic carbocycles. The molecule has 3 aromatic rings. The Morgan fingerprint density at radius 3 is 2.65 bits per heavy atom. The van der Waals surface area contributed by atoms with Gasteiger partial charge < -0.3 is 0 Å². The standard InChI is InChI=1S/C21H20N4S/c1-13-8-9-17(15(3)10-13)20-12-26-21(23-20)19(11-22)25-24-18-7-5-6-14(2)16(18)4/h5-10,12,24H,1-4H3/b25-19-. The highest BCUT2D eigenvalue weighted by molar-refractivity contribution is 7.12. The van der Waals surface area contributed by atoms with Crippen LogP contribution >= 0.6 is 11.3 Å². The maximum atomic E-state index is 9.50. The van der Waals surface area contributed by atoms with Crippen LogP contribution < -0.4 is 5.43 Å². The first kappa shape index (κ1) is 17.8. The van der Waals surface area contributed by atoms with E-state index in [0.29, 0.717) is 5.01 Å². The van der Waals surface area contributed by atoms with E-state index in [1.54, 1.807) is 0 Å². The minimum Gasteiger partial charge on any atom is -0.277 e. The summed E-state index contributed by atoms with van der Waals surface area (Å²) in [7, 11) is 0. The molecule has 3 rings (SSSR count). The van der Waals surface area contributed by atoms with Gasteiger partial charge in [-0.25, -0.2) is 4.98 Å². The fourth-order valence-corrected chi connectivity index (χ4v) is 3.47. The number of hydrazone groups is 1. The van der Waals surface area contributed by atoms with Crippen molar-refractivity contribution in [3.05, 3.63) is 69.0 Å². The summed E-state index contributed by atoms with van der Waals surface area (Å²) in [4.78, 5) is 4.62. The van der Waals surface area contributed by atoms with Gasteiger partial charge in [-0.15, -0.1) is 11.3 Å². The number of nitrogens with zero attached hydrogens (tertiary/aromatic N) is 3. The number of nitrogens with one attached hydrogen (secondary N) is 1. The van der Waals surface area contributed by atoms with E-state index in [2.05, 4.69) is 53.6 Å². The van der Waals surface area contributed by atoms with Crippen molar-refractivity contribution in [2.45, 2.75) is 27.7 Å². The van der Waals surface area contributed by atoms with Gasteiger partial charge in [0.2, 0.25) is 0 Å². The molecule has 0 saturated heterocycles. The third-order valence-corrected chi connectivity index (χ3v) is 5.21. The highest BCUT2D eigenvalue weighted by Crippen LogP contribution is 2.26. The summed E-state index contributed by atoms with van der Waals surface area (Å²) in [6.45, 7) is 8.22. The third kappa shape index (κ3) is 3.66. The molecule has 0 spiro atoms. The first-order valence-corrected chi connectivity index (χ1v) is 9.21. The largest absolute Gasteiger partial charge is 0.277 e. The lowest BCUT2D eigenvalue weighted by atomic mass is 10.0. The fourth-order valence-electron chi connectivity index (χ4n) is 2.72. The normalized spacial score (nSPS) is 11.3. The fraction of sp³-hybridized carbons (Fsp3) is 0.190. The molecular formula is C21H20N4S. The van der Waals surface area contributed by atoms with Crippen LogP contribution in [-0.4, -0.2) is 10.7 Å². The lowest BCUT2D eigenvalue weighted by Crippen LogP contribution is -2.02. The Hall–Kier alpha value is -2.97. The van der Waals surface area contributed by atoms with Gasteiger partial charge in [0.25, 0.3) is 0 Å². The van der Waals surface area contributed by atoms with Gasteiger partial charge in [0, 0.05) is 10.9 Å². The zero-order chi connectivity index (χ0) is 18.7. The number of anilines is 1. The van der Waals surface area contributed by atoms with Crippen LogP contribution in [0.4, 0.5) is 5.69 Å². The molecule has 5 heteroatoms. The zero-order valence-corrected chi connectivity index (χ0v) is 16.1. The highest BCUT2D eigenvalue weighted by Gasteiger charge is 2.12. The molecule has 0 amide bonds. The van der Waals surface area contributed by atoms with E-state index in [1.165, 1.54) is 28.0 Å². The van der Waals surface area contributed by atoms with Crippen LogP contribution in [0.1, 0.15) is 27.3 Å². The van der Waals surface area contributed by atoms with Crippen molar-refractivity contribution in [3.63, 3.8) is 0 Å². The lowest BCUT2D eigenvalue weighted by Gasteiger charge is -2.07. The van der Waals surface area contributed by atoms with Gasteiger partial charge in [-0.05, 0) is 50.5 Å². The van der Waals surface area contributed by atoms with E-state index in [1.807, 2.05) is 37.4 Å². The summed E-state index contributed by atoms with van der Waals surface area (Å²) in [6.07, 6.45) is 0. The maximum absolute atomic E-state index is 9.50. The minimum atomic E-state index is 0.284. The quantitative estimate of drug-likeness (QED) is 0.502. The molecular weight excluding hydrogens is 340 g/mol. The van der Waals surface area contributed by atoms with Crippen LogP contribution in [-0.2, 0) is 0 Å². The molecule has 0 fully saturated rings. The summed E-state index contributed by atoms with van der Waals surface area (Å²) in [5.41, 5.74) is 10.8. The van der Waals surface area contributed by atoms with Gasteiger partial charge in [-0.3, -0.25) is 5.43 Å². The molecule has 0 bridgehead atoms. The number of thiazole rings is 1. The average molecular weight is 360 g/mol. The molecule has 1 N–H and O–H groups in total. The minimum absolute atomic E-state index is 0.284. The molecule has 2 aromatic carbocycles. The van der Waals surface area contributed by atoms with E-state index in [9.17, 15) is 5.26 Å². The van der Waals surface area contributed by atoms with Crippen molar-refractivity contribution in [1.29, 1.82) is 5.26 Å². The predicted molar refractivity (Wildman–Crippen MR) is 109 cm³/mol. The molecule has 1 aromatic heterocycles. The van der Waals surface area contributed by atoms with Crippen molar-refractivity contribution in [2.24, 2.45) is 5.10 Å². The third-order valence-electron chi connectivity index (χ3n) is 4.36. The number of hydrogen-bond acceptors (Lipinski definition) is 5. The van der Waals surface area contributed by atoms with Crippen LogP contribution in [0.2, 0.25) is 0 Å². The van der Waals surface area contributed by atoms with Crippen molar-refractivity contribution in [2.75, 3.05) is 5.43 Å². The molecule has 1 heterocycles. The van der Waals surface area contributed by atoms with Crippen molar-refractivity contribution in [1.82, 2.24) is 4.98 Å². The molecule has 26 heavy (non-hydrogen) atoms. The van der Waals surface area contributed by atoms with Gasteiger partial charge in [0.1, 0.15) is 6.07 Å². The molecule has 0 radical (unpaired) electrons. The van der Waals surface area contributed by atoms with Crippen LogP contribution in [0.25, 0.3) is 11.3 Å². The highest BCUT2D eigenvalue weighted by atomic mass is 32.1. The number of hydrogen-bond donors (Lipinski definition) is 1. The van der Waals surface area contributed by atoms with E-state index in [4.69, 9.17) is 0 Å². The Labute approximate surface area is 157 Å². The number of aromatic nitrogens is 1. The number of rotatable bonds is 4. The summed E-state index contributed by atoms with van der Waals surface area (Å²) in [5, 5.41) is 16.4. The van der Waals surface area contributed by atoms with Crippen molar-refractivity contribution < 1.29 is 0 Å². The monoisotopic (exact) mass is 360 g/mol. The Morgan fingerprint density at radius 1 is 1.12 bits per heavy atom. The van der Waals surface area contributed by atoms with Gasteiger partial charge >= 0.3 is 0 Å². The van der Waals surface area contributed by atoms with Crippen LogP contribution in [0.5, 0.6) is 0 Å². The van der Waals surface area contributed by atoms with Gasteiger partial charge in [0.15, 0.2) is 10.7 Å². The smallest absolute Gasteiger partial charge is 0.196 e. The number of aryl methyl sites for hydroxylation is 3. The second-order valence-corrected chi connectivity index (χ2v) is 7.15. The van der Waals surface area contributed by atoms with E-state index >= 15 is 0 Å². The van der Waals surface area contributed by atoms with Crippen molar-refractivity contribution in [3.8, 4) is 17.3 Å². The second-order valence-electron chi connectivity index (χ2n) is 6.29. The molecule has 4 nitrogen and oxygen atoms in total. The van der Waals surface area contributed by atoms with E-state index in [-0.39, 0.29) is 5.71 Å². The summed E-state index contributed by atoms with van der Waals surface area (Å²) < 4.78 is 0. The Kier molecular flexibility index (Phi) is 5.15. The topological polar surface area (TPSA) is 61.1 Å². The second kappa shape index (κ2) is 7.51. The molecule has 0 unspecified atom stereocenters. The first-order valence-electron chi connectivity index (χ1n) is 8.33. The van der Waals surface area contributed by atoms with E-state index in [0.717, 1.165) is 22.5 Å². The van der Waals surface area contributed by atoms with Crippen LogP contribution in [0.15, 0.2) is 46.9 Å². The van der Waals surface area contributed by atoms with Crippen LogP contribution in [0, 0.1) is 39.0 Å². The Balaban J connectivity index is 1.89. The van der Waals surface area contributed by atoms with Crippen LogP contribution in [0.3, 0.4) is 0 Å². The lowest BCUT2D eigenvalue weighted by molar-refractivity contribution is 1.26. The summed E-state index contributed by atoms with van der Waals surface area (Å²) in [5.74, 6) is 0. The van der Waals surface area contributed by atoms with Crippen molar-refractivity contribution >= 4 is 22.7 Å². The van der Waals surface area contributed by atoms with Gasteiger partial charge in [-0.1, -0.05) is 35.9 Å². The first-order chi connectivity index (χ1) is 12.5. The van der Waals surface area contributed by atoms with E-state index < -0.39 is 0 Å². The Bertz CT molecular complexity index is 1020. The predicted octanol–water partition coefficient (Wildman–Crippen LogP) is 5.38. The van der Waals surface area contributed by atoms with Gasteiger partial charge in [-0.2, -0.15) is 10.4 Å². The van der Waals surface area contributed by atoms with Gasteiger partial charge in [0.05, 0.1) is 11.4 Å². The Morgan fingerprint density at radius 2 is 1.92 bits per heavy atom. The molecule has 130 valence electrons. The summed E-state index contributed by atoms with van der Waals surface area (Å²) >= 11 is 1.43. The molecule has 0 atom stereocenters. The summed E-state index contributed by atoms with van der Waals surface area (Å²) in [6, 6.07) is 14.4. The number of benzene rings is 2. The zero-order valence-electron chi connectivity index (χ0n) is 15.3. The molecule has 0 aliphatic rings. The SMILES string of the molecule is Cc1ccc(-c2csc(/C(C#N)=N\Nc3cccc(C)c3C)n2)c(C)c1. The maximum Gasteiger partial charge on any atom is 0.196 e. The average Bonchev–Trinajstić information content (AvgIpc) is 3.08. The number of nitriles is 1. The molecule has 0 saturated carbocycles.